The fraction of sp³-hybridized carbons (Fsp3) is 0.500. The zero-order valence-corrected chi connectivity index (χ0v) is 11.3. The summed E-state index contributed by atoms with van der Waals surface area (Å²) < 4.78 is 5.61. The molecule has 5 heteroatoms. The number of hydrogen-bond donors (Lipinski definition) is 0. The monoisotopic (exact) mass is 251 g/mol. The van der Waals surface area contributed by atoms with Gasteiger partial charge in [-0.2, -0.15) is 0 Å². The minimum absolute atomic E-state index is 0.694. The van der Waals surface area contributed by atoms with E-state index in [-0.39, 0.29) is 0 Å². The standard InChI is InChI=1S/C12H17N3OS/c1-9-13-10-5-6-11(14-12(10)17-9)16-8-4-7-15(2)3/h5-6H,4,7-8H2,1-3H3. The highest BCUT2D eigenvalue weighted by Gasteiger charge is 2.03. The highest BCUT2D eigenvalue weighted by Crippen LogP contribution is 2.22. The number of nitrogens with zero attached hydrogens (tertiary/aromatic N) is 3. The predicted molar refractivity (Wildman–Crippen MR) is 70.8 cm³/mol. The van der Waals surface area contributed by atoms with Crippen molar-refractivity contribution in [1.82, 2.24) is 14.9 Å². The van der Waals surface area contributed by atoms with Gasteiger partial charge in [0.15, 0.2) is 0 Å². The van der Waals surface area contributed by atoms with Crippen molar-refractivity contribution in [2.45, 2.75) is 13.3 Å². The normalized spacial score (nSPS) is 11.3. The van der Waals surface area contributed by atoms with Gasteiger partial charge in [-0.25, -0.2) is 9.97 Å². The molecule has 0 saturated heterocycles. The molecule has 2 aromatic rings. The number of aryl methyl sites for hydroxylation is 1. The summed E-state index contributed by atoms with van der Waals surface area (Å²) in [4.78, 5) is 11.9. The quantitative estimate of drug-likeness (QED) is 0.764. The summed E-state index contributed by atoms with van der Waals surface area (Å²) in [6, 6.07) is 3.85. The van der Waals surface area contributed by atoms with E-state index in [4.69, 9.17) is 4.74 Å². The lowest BCUT2D eigenvalue weighted by atomic mass is 10.4. The molecule has 0 saturated carbocycles. The van der Waals surface area contributed by atoms with Crippen molar-refractivity contribution in [1.29, 1.82) is 0 Å². The summed E-state index contributed by atoms with van der Waals surface area (Å²) in [5.74, 6) is 0.694. The van der Waals surface area contributed by atoms with E-state index in [1.807, 2.05) is 19.1 Å². The van der Waals surface area contributed by atoms with E-state index < -0.39 is 0 Å². The second kappa shape index (κ2) is 5.42. The summed E-state index contributed by atoms with van der Waals surface area (Å²) in [5, 5.41) is 1.04. The van der Waals surface area contributed by atoms with Crippen molar-refractivity contribution in [3.05, 3.63) is 17.1 Å². The summed E-state index contributed by atoms with van der Waals surface area (Å²) in [7, 11) is 4.12. The molecule has 17 heavy (non-hydrogen) atoms. The minimum Gasteiger partial charge on any atom is -0.478 e. The molecule has 0 unspecified atom stereocenters. The number of aromatic nitrogens is 2. The largest absolute Gasteiger partial charge is 0.478 e. The molecule has 0 radical (unpaired) electrons. The zero-order chi connectivity index (χ0) is 12.3. The van der Waals surface area contributed by atoms with Gasteiger partial charge in [-0.3, -0.25) is 0 Å². The Labute approximate surface area is 105 Å². The molecule has 4 nitrogen and oxygen atoms in total. The first-order valence-electron chi connectivity index (χ1n) is 5.67. The van der Waals surface area contributed by atoms with Crippen molar-refractivity contribution < 1.29 is 4.74 Å². The molecule has 2 rings (SSSR count). The van der Waals surface area contributed by atoms with Crippen molar-refractivity contribution in [2.24, 2.45) is 0 Å². The van der Waals surface area contributed by atoms with Crippen molar-refractivity contribution >= 4 is 21.7 Å². The van der Waals surface area contributed by atoms with Gasteiger partial charge in [0.05, 0.1) is 11.6 Å². The summed E-state index contributed by atoms with van der Waals surface area (Å²) >= 11 is 1.60. The number of ether oxygens (including phenoxy) is 1. The Morgan fingerprint density at radius 1 is 1.29 bits per heavy atom. The second-order valence-corrected chi connectivity index (χ2v) is 5.39. The molecular formula is C12H17N3OS. The first-order chi connectivity index (χ1) is 8.15. The summed E-state index contributed by atoms with van der Waals surface area (Å²) in [6.45, 7) is 3.72. The maximum atomic E-state index is 5.61. The van der Waals surface area contributed by atoms with Gasteiger partial charge in [-0.15, -0.1) is 0 Å². The number of fused-ring (bicyclic) bond motifs is 1. The molecule has 0 aliphatic carbocycles. The van der Waals surface area contributed by atoms with Crippen LogP contribution in [-0.4, -0.2) is 42.1 Å². The van der Waals surface area contributed by atoms with Crippen LogP contribution in [0.2, 0.25) is 0 Å². The van der Waals surface area contributed by atoms with Crippen LogP contribution < -0.4 is 4.74 Å². The van der Waals surface area contributed by atoms with E-state index in [2.05, 4.69) is 29.0 Å². The molecule has 0 aliphatic heterocycles. The topological polar surface area (TPSA) is 38.2 Å². The number of hydrogen-bond acceptors (Lipinski definition) is 5. The Balaban J connectivity index is 1.94. The predicted octanol–water partition coefficient (Wildman–Crippen LogP) is 2.33. The van der Waals surface area contributed by atoms with Gasteiger partial charge in [0, 0.05) is 12.6 Å². The second-order valence-electron chi connectivity index (χ2n) is 4.21. The smallest absolute Gasteiger partial charge is 0.214 e. The van der Waals surface area contributed by atoms with Crippen LogP contribution in [0.15, 0.2) is 12.1 Å². The Morgan fingerprint density at radius 2 is 2.12 bits per heavy atom. The Morgan fingerprint density at radius 3 is 2.88 bits per heavy atom. The highest BCUT2D eigenvalue weighted by atomic mass is 32.1. The first kappa shape index (κ1) is 12.3. The highest BCUT2D eigenvalue weighted by molar-refractivity contribution is 7.18. The molecule has 0 aromatic carbocycles. The Bertz CT molecular complexity index is 495. The third kappa shape index (κ3) is 3.38. The number of pyridine rings is 1. The molecule has 2 aromatic heterocycles. The molecule has 0 N–H and O–H groups in total. The van der Waals surface area contributed by atoms with E-state index in [0.717, 1.165) is 28.3 Å². The van der Waals surface area contributed by atoms with Crippen molar-refractivity contribution in [3.63, 3.8) is 0 Å². The SMILES string of the molecule is Cc1nc2ccc(OCCCN(C)C)nc2s1. The third-order valence-electron chi connectivity index (χ3n) is 2.34. The average molecular weight is 251 g/mol. The molecule has 0 spiro atoms. The maximum absolute atomic E-state index is 5.61. The van der Waals surface area contributed by atoms with E-state index in [0.29, 0.717) is 12.5 Å². The molecule has 0 fully saturated rings. The van der Waals surface area contributed by atoms with Gasteiger partial charge in [-0.1, -0.05) is 11.3 Å². The fourth-order valence-corrected chi connectivity index (χ4v) is 2.32. The van der Waals surface area contributed by atoms with Crippen molar-refractivity contribution in [3.8, 4) is 5.88 Å². The van der Waals surface area contributed by atoms with Crippen LogP contribution >= 0.6 is 11.3 Å². The van der Waals surface area contributed by atoms with E-state index in [1.54, 1.807) is 11.3 Å². The van der Waals surface area contributed by atoms with Gasteiger partial charge >= 0.3 is 0 Å². The van der Waals surface area contributed by atoms with E-state index in [9.17, 15) is 0 Å². The molecule has 0 amide bonds. The summed E-state index contributed by atoms with van der Waals surface area (Å²) in [6.07, 6.45) is 1.01. The Kier molecular flexibility index (Phi) is 3.91. The van der Waals surface area contributed by atoms with Gasteiger partial charge in [0.1, 0.15) is 10.3 Å². The van der Waals surface area contributed by atoms with Crippen LogP contribution in [0.3, 0.4) is 0 Å². The maximum Gasteiger partial charge on any atom is 0.214 e. The van der Waals surface area contributed by atoms with Crippen LogP contribution in [-0.2, 0) is 0 Å². The van der Waals surface area contributed by atoms with Crippen LogP contribution in [0.4, 0.5) is 0 Å². The van der Waals surface area contributed by atoms with Crippen LogP contribution in [0.25, 0.3) is 10.3 Å². The van der Waals surface area contributed by atoms with Gasteiger partial charge < -0.3 is 9.64 Å². The minimum atomic E-state index is 0.694. The van der Waals surface area contributed by atoms with Crippen molar-refractivity contribution in [2.75, 3.05) is 27.2 Å². The first-order valence-corrected chi connectivity index (χ1v) is 6.48. The molecule has 2 heterocycles. The third-order valence-corrected chi connectivity index (χ3v) is 3.22. The molecule has 0 aliphatic rings. The molecular weight excluding hydrogens is 234 g/mol. The van der Waals surface area contributed by atoms with Crippen LogP contribution in [0, 0.1) is 6.92 Å². The fourth-order valence-electron chi connectivity index (χ4n) is 1.55. The van der Waals surface area contributed by atoms with Gasteiger partial charge in [0.25, 0.3) is 0 Å². The number of rotatable bonds is 5. The summed E-state index contributed by atoms with van der Waals surface area (Å²) in [5.41, 5.74) is 0.952. The lowest BCUT2D eigenvalue weighted by molar-refractivity contribution is 0.274. The number of thiazole rings is 1. The molecule has 92 valence electrons. The van der Waals surface area contributed by atoms with Crippen LogP contribution in [0.5, 0.6) is 5.88 Å². The van der Waals surface area contributed by atoms with E-state index in [1.165, 1.54) is 0 Å². The Hall–Kier alpha value is -1.20. The van der Waals surface area contributed by atoms with Gasteiger partial charge in [0.2, 0.25) is 5.88 Å². The molecule has 0 atom stereocenters. The average Bonchev–Trinajstić information content (AvgIpc) is 2.63. The van der Waals surface area contributed by atoms with E-state index >= 15 is 0 Å². The lowest BCUT2D eigenvalue weighted by Gasteiger charge is -2.09. The lowest BCUT2D eigenvalue weighted by Crippen LogP contribution is -2.15. The zero-order valence-electron chi connectivity index (χ0n) is 10.4. The molecule has 0 bridgehead atoms. The van der Waals surface area contributed by atoms with Crippen LogP contribution in [0.1, 0.15) is 11.4 Å². The van der Waals surface area contributed by atoms with Gasteiger partial charge in [-0.05, 0) is 33.5 Å².